The lowest BCUT2D eigenvalue weighted by molar-refractivity contribution is 0.0782. The molecule has 1 aromatic heterocycles. The molecule has 1 unspecified atom stereocenters. The van der Waals surface area contributed by atoms with Crippen molar-refractivity contribution in [2.24, 2.45) is 0 Å². The van der Waals surface area contributed by atoms with E-state index in [-0.39, 0.29) is 23.8 Å². The first-order chi connectivity index (χ1) is 15.7. The summed E-state index contributed by atoms with van der Waals surface area (Å²) in [5.74, 6) is 0.0370. The van der Waals surface area contributed by atoms with Crippen molar-refractivity contribution < 1.29 is 14.3 Å². The third-order valence-corrected chi connectivity index (χ3v) is 6.70. The van der Waals surface area contributed by atoms with Gasteiger partial charge in [0.25, 0.3) is 5.91 Å². The van der Waals surface area contributed by atoms with Gasteiger partial charge in [-0.05, 0) is 57.4 Å². The van der Waals surface area contributed by atoms with Crippen LogP contribution in [0.25, 0.3) is 0 Å². The SMILES string of the molecule is CC1CN(c2ccc(C(C)(C)O)cc2F)CCN1c1nccc(C(=O)NC2CCCCC2)n1. The number of rotatable bonds is 5. The largest absolute Gasteiger partial charge is 0.386 e. The van der Waals surface area contributed by atoms with Gasteiger partial charge < -0.3 is 20.2 Å². The Hall–Kier alpha value is -2.74. The number of carbonyl (C=O) groups is 1. The predicted molar refractivity (Wildman–Crippen MR) is 127 cm³/mol. The van der Waals surface area contributed by atoms with Gasteiger partial charge in [0.15, 0.2) is 0 Å². The lowest BCUT2D eigenvalue weighted by Gasteiger charge is -2.41. The highest BCUT2D eigenvalue weighted by molar-refractivity contribution is 5.92. The summed E-state index contributed by atoms with van der Waals surface area (Å²) in [6.45, 7) is 7.15. The molecule has 1 atom stereocenters. The van der Waals surface area contributed by atoms with Gasteiger partial charge in [-0.25, -0.2) is 14.4 Å². The Balaban J connectivity index is 1.43. The van der Waals surface area contributed by atoms with E-state index in [1.807, 2.05) is 11.8 Å². The van der Waals surface area contributed by atoms with Crippen LogP contribution in [-0.2, 0) is 5.60 Å². The summed E-state index contributed by atoms with van der Waals surface area (Å²) in [4.78, 5) is 25.7. The lowest BCUT2D eigenvalue weighted by atomic mass is 9.95. The molecule has 33 heavy (non-hydrogen) atoms. The minimum absolute atomic E-state index is 0.0313. The number of amides is 1. The van der Waals surface area contributed by atoms with E-state index in [0.29, 0.717) is 42.5 Å². The fourth-order valence-corrected chi connectivity index (χ4v) is 4.74. The second-order valence-electron chi connectivity index (χ2n) is 9.76. The van der Waals surface area contributed by atoms with Crippen LogP contribution in [0.5, 0.6) is 0 Å². The maximum absolute atomic E-state index is 14.8. The summed E-state index contributed by atoms with van der Waals surface area (Å²) < 4.78 is 14.8. The van der Waals surface area contributed by atoms with E-state index in [1.54, 1.807) is 38.2 Å². The number of nitrogens with zero attached hydrogens (tertiary/aromatic N) is 4. The van der Waals surface area contributed by atoms with Crippen molar-refractivity contribution in [3.05, 3.63) is 47.5 Å². The maximum atomic E-state index is 14.8. The first kappa shape index (κ1) is 23.4. The molecule has 4 rings (SSSR count). The van der Waals surface area contributed by atoms with Gasteiger partial charge in [-0.2, -0.15) is 0 Å². The Morgan fingerprint density at radius 3 is 2.61 bits per heavy atom. The molecule has 2 fully saturated rings. The standard InChI is InChI=1S/C25H34FN5O2/c1-17-16-30(22-10-9-18(15-20(22)26)25(2,3)33)13-14-31(17)24-27-12-11-21(29-24)23(32)28-19-7-5-4-6-8-19/h9-12,15,17,19,33H,4-8,13-14,16H2,1-3H3,(H,28,32). The number of aromatic nitrogens is 2. The molecule has 1 aliphatic carbocycles. The van der Waals surface area contributed by atoms with Crippen molar-refractivity contribution >= 4 is 17.5 Å². The number of benzene rings is 1. The normalized spacial score (nSPS) is 20.1. The average molecular weight is 456 g/mol. The zero-order valence-corrected chi connectivity index (χ0v) is 19.7. The fourth-order valence-electron chi connectivity index (χ4n) is 4.74. The second-order valence-corrected chi connectivity index (χ2v) is 9.76. The molecule has 1 amide bonds. The third kappa shape index (κ3) is 5.43. The number of hydrogen-bond acceptors (Lipinski definition) is 6. The molecule has 0 radical (unpaired) electrons. The smallest absolute Gasteiger partial charge is 0.270 e. The summed E-state index contributed by atoms with van der Waals surface area (Å²) in [7, 11) is 0. The topological polar surface area (TPSA) is 81.6 Å². The van der Waals surface area contributed by atoms with E-state index >= 15 is 0 Å². The van der Waals surface area contributed by atoms with Crippen LogP contribution in [-0.4, -0.2) is 52.7 Å². The van der Waals surface area contributed by atoms with E-state index in [1.165, 1.54) is 12.5 Å². The molecule has 178 valence electrons. The molecule has 0 bridgehead atoms. The Kier molecular flexibility index (Phi) is 6.83. The number of carbonyl (C=O) groups excluding carboxylic acids is 1. The quantitative estimate of drug-likeness (QED) is 0.717. The molecule has 2 aliphatic rings. The van der Waals surface area contributed by atoms with Crippen LogP contribution < -0.4 is 15.1 Å². The van der Waals surface area contributed by atoms with E-state index < -0.39 is 5.60 Å². The molecular weight excluding hydrogens is 421 g/mol. The first-order valence-corrected chi connectivity index (χ1v) is 11.9. The number of piperazine rings is 1. The molecule has 2 aromatic rings. The molecule has 2 heterocycles. The molecule has 8 heteroatoms. The molecule has 2 N–H and O–H groups in total. The molecule has 1 aromatic carbocycles. The van der Waals surface area contributed by atoms with Crippen molar-refractivity contribution in [2.75, 3.05) is 29.4 Å². The Bertz CT molecular complexity index is 987. The van der Waals surface area contributed by atoms with E-state index in [4.69, 9.17) is 0 Å². The van der Waals surface area contributed by atoms with E-state index in [2.05, 4.69) is 20.2 Å². The van der Waals surface area contributed by atoms with Gasteiger partial charge in [0.2, 0.25) is 5.95 Å². The Morgan fingerprint density at radius 2 is 1.94 bits per heavy atom. The molecule has 1 saturated carbocycles. The minimum Gasteiger partial charge on any atom is -0.386 e. The molecular formula is C25H34FN5O2. The summed E-state index contributed by atoms with van der Waals surface area (Å²) in [6.07, 6.45) is 7.23. The Morgan fingerprint density at radius 1 is 1.18 bits per heavy atom. The van der Waals surface area contributed by atoms with Gasteiger partial charge in [0, 0.05) is 37.9 Å². The number of anilines is 2. The van der Waals surface area contributed by atoms with Crippen LogP contribution in [0, 0.1) is 5.82 Å². The van der Waals surface area contributed by atoms with Crippen molar-refractivity contribution in [3.8, 4) is 0 Å². The third-order valence-electron chi connectivity index (χ3n) is 6.70. The maximum Gasteiger partial charge on any atom is 0.270 e. The number of hydrogen-bond donors (Lipinski definition) is 2. The summed E-state index contributed by atoms with van der Waals surface area (Å²) in [5, 5.41) is 13.3. The van der Waals surface area contributed by atoms with Crippen molar-refractivity contribution in [2.45, 2.75) is 70.6 Å². The van der Waals surface area contributed by atoms with Crippen LogP contribution >= 0.6 is 0 Å². The van der Waals surface area contributed by atoms with Crippen LogP contribution in [0.4, 0.5) is 16.0 Å². The highest BCUT2D eigenvalue weighted by Gasteiger charge is 2.28. The minimum atomic E-state index is -1.09. The molecule has 1 aliphatic heterocycles. The second kappa shape index (κ2) is 9.63. The van der Waals surface area contributed by atoms with E-state index in [9.17, 15) is 14.3 Å². The highest BCUT2D eigenvalue weighted by atomic mass is 19.1. The molecule has 7 nitrogen and oxygen atoms in total. The first-order valence-electron chi connectivity index (χ1n) is 11.9. The van der Waals surface area contributed by atoms with Gasteiger partial charge in [-0.15, -0.1) is 0 Å². The van der Waals surface area contributed by atoms with Crippen LogP contribution in [0.2, 0.25) is 0 Å². The monoisotopic (exact) mass is 455 g/mol. The fraction of sp³-hybridized carbons (Fsp3) is 0.560. The summed E-state index contributed by atoms with van der Waals surface area (Å²) in [5.41, 5.74) is 0.369. The zero-order chi connectivity index (χ0) is 23.6. The van der Waals surface area contributed by atoms with Gasteiger partial charge in [-0.1, -0.05) is 25.3 Å². The number of aliphatic hydroxyl groups is 1. The van der Waals surface area contributed by atoms with Gasteiger partial charge in [-0.3, -0.25) is 4.79 Å². The number of halogens is 1. The van der Waals surface area contributed by atoms with Crippen LogP contribution in [0.3, 0.4) is 0 Å². The van der Waals surface area contributed by atoms with Gasteiger partial charge in [0.1, 0.15) is 11.5 Å². The van der Waals surface area contributed by atoms with Crippen molar-refractivity contribution in [3.63, 3.8) is 0 Å². The van der Waals surface area contributed by atoms with E-state index in [0.717, 1.165) is 25.7 Å². The van der Waals surface area contributed by atoms with Crippen molar-refractivity contribution in [1.29, 1.82) is 0 Å². The van der Waals surface area contributed by atoms with Crippen molar-refractivity contribution in [1.82, 2.24) is 15.3 Å². The van der Waals surface area contributed by atoms with Crippen LogP contribution in [0.1, 0.15) is 68.9 Å². The van der Waals surface area contributed by atoms with Gasteiger partial charge in [0.05, 0.1) is 11.3 Å². The van der Waals surface area contributed by atoms with Crippen LogP contribution in [0.15, 0.2) is 30.5 Å². The highest BCUT2D eigenvalue weighted by Crippen LogP contribution is 2.28. The molecule has 0 spiro atoms. The lowest BCUT2D eigenvalue weighted by Crippen LogP contribution is -2.53. The Labute approximate surface area is 195 Å². The molecule has 1 saturated heterocycles. The average Bonchev–Trinajstić information content (AvgIpc) is 2.79. The summed E-state index contributed by atoms with van der Waals surface area (Å²) >= 11 is 0. The number of nitrogens with one attached hydrogen (secondary N) is 1. The predicted octanol–water partition coefficient (Wildman–Crippen LogP) is 3.62. The zero-order valence-electron chi connectivity index (χ0n) is 19.7. The summed E-state index contributed by atoms with van der Waals surface area (Å²) in [6, 6.07) is 6.82. The van der Waals surface area contributed by atoms with Gasteiger partial charge >= 0.3 is 0 Å².